The largest absolute Gasteiger partial charge is 0.396 e. The summed E-state index contributed by atoms with van der Waals surface area (Å²) < 4.78 is 4.91. The van der Waals surface area contributed by atoms with Gasteiger partial charge in [0, 0.05) is 20.1 Å². The number of unbranched alkanes of at least 4 members (excludes halogenated alkanes) is 1. The molecular weight excluding hydrogens is 216 g/mol. The van der Waals surface area contributed by atoms with Crippen molar-refractivity contribution in [2.24, 2.45) is 5.41 Å². The molecule has 0 spiro atoms. The van der Waals surface area contributed by atoms with Gasteiger partial charge in [-0.05, 0) is 30.4 Å². The molecular formula is C14H26O3. The first-order valence-electron chi connectivity index (χ1n) is 5.90. The monoisotopic (exact) mass is 242 g/mol. The van der Waals surface area contributed by atoms with Gasteiger partial charge >= 0.3 is 0 Å². The third kappa shape index (κ3) is 25.4. The molecule has 0 fully saturated rings. The summed E-state index contributed by atoms with van der Waals surface area (Å²) in [4.78, 5) is 9.80. The molecule has 0 radical (unpaired) electrons. The Bertz CT molecular complexity index is 220. The highest BCUT2D eigenvalue weighted by atomic mass is 16.5. The Balaban J connectivity index is 0. The van der Waals surface area contributed by atoms with Crippen LogP contribution in [0.4, 0.5) is 0 Å². The molecule has 0 aliphatic rings. The third-order valence-electron chi connectivity index (χ3n) is 1.52. The lowest BCUT2D eigenvalue weighted by atomic mass is 9.99. The Morgan fingerprint density at radius 1 is 1.18 bits per heavy atom. The molecule has 0 aliphatic carbocycles. The Hall–Kier alpha value is -0.890. The summed E-state index contributed by atoms with van der Waals surface area (Å²) in [5.41, 5.74) is 3.18. The van der Waals surface area contributed by atoms with Gasteiger partial charge in [-0.1, -0.05) is 20.8 Å². The van der Waals surface area contributed by atoms with E-state index >= 15 is 0 Å². The van der Waals surface area contributed by atoms with Gasteiger partial charge in [0.1, 0.15) is 6.29 Å². The summed E-state index contributed by atoms with van der Waals surface area (Å²) >= 11 is 0. The van der Waals surface area contributed by atoms with Crippen molar-refractivity contribution in [3.8, 4) is 0 Å². The number of rotatable bonds is 6. The van der Waals surface area contributed by atoms with Gasteiger partial charge in [0.25, 0.3) is 0 Å². The number of ether oxygens (including phenoxy) is 1. The van der Waals surface area contributed by atoms with Gasteiger partial charge in [-0.25, -0.2) is 0 Å². The second-order valence-electron chi connectivity index (χ2n) is 4.82. The molecule has 0 aliphatic heterocycles. The quantitative estimate of drug-likeness (QED) is 0.442. The van der Waals surface area contributed by atoms with Crippen LogP contribution < -0.4 is 0 Å². The third-order valence-corrected chi connectivity index (χ3v) is 1.52. The number of hydrogen-bond acceptors (Lipinski definition) is 3. The average molecular weight is 242 g/mol. The van der Waals surface area contributed by atoms with E-state index in [1.807, 2.05) is 0 Å². The van der Waals surface area contributed by atoms with Crippen molar-refractivity contribution in [3.05, 3.63) is 17.9 Å². The van der Waals surface area contributed by atoms with E-state index in [4.69, 9.17) is 9.84 Å². The lowest BCUT2D eigenvalue weighted by Gasteiger charge is -2.15. The molecule has 0 aromatic heterocycles. The zero-order valence-electron chi connectivity index (χ0n) is 11.5. The molecule has 100 valence electrons. The lowest BCUT2D eigenvalue weighted by molar-refractivity contribution is -0.107. The maximum atomic E-state index is 9.80. The number of hydrogen-bond donors (Lipinski definition) is 1. The van der Waals surface area contributed by atoms with E-state index in [2.05, 4.69) is 26.5 Å². The van der Waals surface area contributed by atoms with Crippen molar-refractivity contribution >= 4 is 6.29 Å². The molecule has 0 saturated carbocycles. The fraction of sp³-hybridized carbons (Fsp3) is 0.714. The summed E-state index contributed by atoms with van der Waals surface area (Å²) in [6.45, 7) is 7.45. The van der Waals surface area contributed by atoms with E-state index < -0.39 is 0 Å². The van der Waals surface area contributed by atoms with Crippen LogP contribution in [0.1, 0.15) is 40.0 Å². The predicted octanol–water partition coefficient (Wildman–Crippen LogP) is 2.74. The van der Waals surface area contributed by atoms with E-state index in [-0.39, 0.29) is 6.61 Å². The lowest BCUT2D eigenvalue weighted by Crippen LogP contribution is -2.12. The maximum Gasteiger partial charge on any atom is 0.120 e. The normalized spacial score (nSPS) is 9.71. The van der Waals surface area contributed by atoms with Crippen LogP contribution in [0.2, 0.25) is 0 Å². The maximum absolute atomic E-state index is 9.80. The molecule has 3 nitrogen and oxygen atoms in total. The Morgan fingerprint density at radius 3 is 2.12 bits per heavy atom. The Labute approximate surface area is 105 Å². The standard InChI is InChI=1S/C8H12O2.C6H14O/c9-7-5-3-1-2-4-6-8-10;1-6(2,3)5-7-4/h1,4,7,10H,3,5-6,8H2;5H2,1-4H3. The van der Waals surface area contributed by atoms with Gasteiger partial charge in [0.2, 0.25) is 0 Å². The first kappa shape index (κ1) is 18.5. The minimum absolute atomic E-state index is 0.161. The summed E-state index contributed by atoms with van der Waals surface area (Å²) in [6, 6.07) is 0. The number of aliphatic hydroxyl groups excluding tert-OH is 1. The number of aliphatic hydroxyl groups is 1. The number of methoxy groups -OCH3 is 1. The van der Waals surface area contributed by atoms with Crippen LogP contribution in [0.15, 0.2) is 17.9 Å². The van der Waals surface area contributed by atoms with Crippen LogP contribution in [0.25, 0.3) is 0 Å². The summed E-state index contributed by atoms with van der Waals surface area (Å²) in [5.74, 6) is 0. The summed E-state index contributed by atoms with van der Waals surface area (Å²) in [7, 11) is 1.73. The molecule has 0 heterocycles. The van der Waals surface area contributed by atoms with Crippen LogP contribution in [0.5, 0.6) is 0 Å². The SMILES string of the molecule is COCC(C)(C)C.O=CCCC=C=CCCO. The second-order valence-corrected chi connectivity index (χ2v) is 4.82. The van der Waals surface area contributed by atoms with Crippen LogP contribution in [0.3, 0.4) is 0 Å². The fourth-order valence-corrected chi connectivity index (χ4v) is 0.899. The molecule has 0 unspecified atom stereocenters. The molecule has 0 saturated heterocycles. The number of carbonyl (C=O) groups is 1. The second kappa shape index (κ2) is 13.2. The van der Waals surface area contributed by atoms with Crippen molar-refractivity contribution in [1.29, 1.82) is 0 Å². The van der Waals surface area contributed by atoms with Gasteiger partial charge in [-0.2, -0.15) is 0 Å². The molecule has 0 aromatic carbocycles. The van der Waals surface area contributed by atoms with E-state index in [0.29, 0.717) is 18.3 Å². The van der Waals surface area contributed by atoms with E-state index in [9.17, 15) is 4.79 Å². The zero-order chi connectivity index (χ0) is 13.6. The molecule has 0 amide bonds. The molecule has 0 bridgehead atoms. The zero-order valence-corrected chi connectivity index (χ0v) is 11.5. The average Bonchev–Trinajstić information content (AvgIpc) is 2.22. The molecule has 0 atom stereocenters. The van der Waals surface area contributed by atoms with E-state index in [1.54, 1.807) is 19.3 Å². The summed E-state index contributed by atoms with van der Waals surface area (Å²) in [6.07, 6.45) is 6.36. The van der Waals surface area contributed by atoms with Crippen molar-refractivity contribution in [1.82, 2.24) is 0 Å². The molecule has 0 rings (SSSR count). The number of carbonyl (C=O) groups excluding carboxylic acids is 1. The Morgan fingerprint density at radius 2 is 1.76 bits per heavy atom. The predicted molar refractivity (Wildman–Crippen MR) is 71.0 cm³/mol. The minimum Gasteiger partial charge on any atom is -0.396 e. The minimum atomic E-state index is 0.161. The van der Waals surface area contributed by atoms with E-state index in [1.165, 1.54) is 0 Å². The highest BCUT2D eigenvalue weighted by molar-refractivity contribution is 5.49. The molecule has 0 aromatic rings. The van der Waals surface area contributed by atoms with Gasteiger partial charge in [0.15, 0.2) is 0 Å². The van der Waals surface area contributed by atoms with Crippen LogP contribution in [0, 0.1) is 5.41 Å². The van der Waals surface area contributed by atoms with Gasteiger partial charge in [0.05, 0.1) is 6.61 Å². The summed E-state index contributed by atoms with van der Waals surface area (Å²) in [5, 5.41) is 8.33. The van der Waals surface area contributed by atoms with Crippen LogP contribution in [-0.4, -0.2) is 31.7 Å². The van der Waals surface area contributed by atoms with Gasteiger partial charge in [-0.15, -0.1) is 5.73 Å². The highest BCUT2D eigenvalue weighted by Gasteiger charge is 2.07. The molecule has 3 heteroatoms. The molecule has 1 N–H and O–H groups in total. The smallest absolute Gasteiger partial charge is 0.120 e. The van der Waals surface area contributed by atoms with Gasteiger partial charge in [-0.3, -0.25) is 0 Å². The van der Waals surface area contributed by atoms with Gasteiger partial charge < -0.3 is 14.6 Å². The van der Waals surface area contributed by atoms with Crippen molar-refractivity contribution < 1.29 is 14.6 Å². The van der Waals surface area contributed by atoms with E-state index in [0.717, 1.165) is 19.3 Å². The number of aldehydes is 1. The van der Waals surface area contributed by atoms with Crippen molar-refractivity contribution in [2.75, 3.05) is 20.3 Å². The molecule has 17 heavy (non-hydrogen) atoms. The Kier molecular flexibility index (Phi) is 14.3. The topological polar surface area (TPSA) is 46.5 Å². The van der Waals surface area contributed by atoms with Crippen LogP contribution >= 0.6 is 0 Å². The first-order valence-corrected chi connectivity index (χ1v) is 5.90. The van der Waals surface area contributed by atoms with Crippen LogP contribution in [-0.2, 0) is 9.53 Å². The first-order chi connectivity index (χ1) is 7.97. The van der Waals surface area contributed by atoms with Crippen molar-refractivity contribution in [3.63, 3.8) is 0 Å². The fourth-order valence-electron chi connectivity index (χ4n) is 0.899. The highest BCUT2D eigenvalue weighted by Crippen LogP contribution is 2.11. The van der Waals surface area contributed by atoms with Crippen molar-refractivity contribution in [2.45, 2.75) is 40.0 Å².